The first kappa shape index (κ1) is 12.7. The fraction of sp³-hybridized carbons (Fsp3) is 0.462. The van der Waals surface area contributed by atoms with Gasteiger partial charge in [-0.25, -0.2) is 0 Å². The summed E-state index contributed by atoms with van der Waals surface area (Å²) in [7, 11) is 0. The number of nitrogen functional groups attached to an aromatic ring is 2. The lowest BCUT2D eigenvalue weighted by atomic mass is 9.94. The van der Waals surface area contributed by atoms with Crippen LogP contribution >= 0.6 is 0 Å². The summed E-state index contributed by atoms with van der Waals surface area (Å²) < 4.78 is 5.49. The van der Waals surface area contributed by atoms with Crippen LogP contribution in [0.1, 0.15) is 30.6 Å². The highest BCUT2D eigenvalue weighted by molar-refractivity contribution is 5.96. The molecule has 1 aromatic rings. The van der Waals surface area contributed by atoms with Crippen molar-refractivity contribution in [1.29, 1.82) is 0 Å². The number of anilines is 2. The quantitative estimate of drug-likeness (QED) is 0.686. The zero-order chi connectivity index (χ0) is 13.3. The third kappa shape index (κ3) is 2.41. The first-order valence-corrected chi connectivity index (χ1v) is 6.01. The van der Waals surface area contributed by atoms with Gasteiger partial charge in [-0.15, -0.1) is 0 Å². The molecule has 0 bridgehead atoms. The summed E-state index contributed by atoms with van der Waals surface area (Å²) >= 11 is 0. The maximum atomic E-state index is 12.2. The summed E-state index contributed by atoms with van der Waals surface area (Å²) in [4.78, 5) is 12.2. The first-order chi connectivity index (χ1) is 8.40. The maximum Gasteiger partial charge on any atom is 0.251 e. The van der Waals surface area contributed by atoms with Gasteiger partial charge in [-0.3, -0.25) is 4.79 Å². The highest BCUT2D eigenvalue weighted by Gasteiger charge is 2.38. The van der Waals surface area contributed by atoms with Gasteiger partial charge in [-0.05, 0) is 38.5 Å². The van der Waals surface area contributed by atoms with Gasteiger partial charge in [0.1, 0.15) is 0 Å². The Balaban J connectivity index is 2.17. The van der Waals surface area contributed by atoms with Gasteiger partial charge in [-0.2, -0.15) is 0 Å². The van der Waals surface area contributed by atoms with Crippen molar-refractivity contribution >= 4 is 17.3 Å². The Morgan fingerprint density at radius 2 is 2.00 bits per heavy atom. The summed E-state index contributed by atoms with van der Waals surface area (Å²) in [5.41, 5.74) is 12.5. The lowest BCUT2D eigenvalue weighted by molar-refractivity contribution is 0.0727. The van der Waals surface area contributed by atoms with Crippen LogP contribution in [0, 0.1) is 0 Å². The molecular weight excluding hydrogens is 230 g/mol. The number of hydrogen-bond donors (Lipinski definition) is 3. The Kier molecular flexibility index (Phi) is 3.17. The molecule has 1 saturated heterocycles. The predicted octanol–water partition coefficient (Wildman–Crippen LogP) is 1.15. The van der Waals surface area contributed by atoms with E-state index in [9.17, 15) is 4.79 Å². The SMILES string of the molecule is CC1OCCC1(C)NC(=O)c1cc(N)cc(N)c1. The van der Waals surface area contributed by atoms with E-state index in [0.717, 1.165) is 6.42 Å². The smallest absolute Gasteiger partial charge is 0.251 e. The van der Waals surface area contributed by atoms with E-state index < -0.39 is 0 Å². The van der Waals surface area contributed by atoms with E-state index >= 15 is 0 Å². The second-order valence-electron chi connectivity index (χ2n) is 5.02. The first-order valence-electron chi connectivity index (χ1n) is 6.01. The molecule has 0 saturated carbocycles. The van der Waals surface area contributed by atoms with Crippen LogP contribution in [0.15, 0.2) is 18.2 Å². The van der Waals surface area contributed by atoms with Crippen molar-refractivity contribution in [1.82, 2.24) is 5.32 Å². The molecule has 0 spiro atoms. The second kappa shape index (κ2) is 4.49. The zero-order valence-corrected chi connectivity index (χ0v) is 10.7. The standard InChI is InChI=1S/C13H19N3O2/c1-8-13(2,3-4-18-8)16-12(17)9-5-10(14)7-11(15)6-9/h5-8H,3-4,14-15H2,1-2H3,(H,16,17). The van der Waals surface area contributed by atoms with Crippen molar-refractivity contribution in [2.45, 2.75) is 31.9 Å². The summed E-state index contributed by atoms with van der Waals surface area (Å²) in [5.74, 6) is -0.172. The Labute approximate surface area is 106 Å². The normalized spacial score (nSPS) is 27.1. The van der Waals surface area contributed by atoms with Crippen LogP contribution in [-0.2, 0) is 4.74 Å². The van der Waals surface area contributed by atoms with Crippen LogP contribution in [-0.4, -0.2) is 24.2 Å². The number of hydrogen-bond acceptors (Lipinski definition) is 4. The molecule has 2 rings (SSSR count). The molecule has 1 heterocycles. The molecule has 5 heteroatoms. The molecule has 98 valence electrons. The number of carbonyl (C=O) groups is 1. The Morgan fingerprint density at radius 3 is 2.50 bits per heavy atom. The molecular formula is C13H19N3O2. The van der Waals surface area contributed by atoms with Crippen LogP contribution in [0.4, 0.5) is 11.4 Å². The molecule has 0 radical (unpaired) electrons. The molecule has 1 amide bonds. The second-order valence-corrected chi connectivity index (χ2v) is 5.02. The molecule has 1 fully saturated rings. The minimum Gasteiger partial charge on any atom is -0.399 e. The van der Waals surface area contributed by atoms with E-state index in [1.54, 1.807) is 18.2 Å². The van der Waals surface area contributed by atoms with Gasteiger partial charge in [0.15, 0.2) is 0 Å². The largest absolute Gasteiger partial charge is 0.399 e. The van der Waals surface area contributed by atoms with Crippen LogP contribution in [0.5, 0.6) is 0 Å². The fourth-order valence-corrected chi connectivity index (χ4v) is 2.14. The van der Waals surface area contributed by atoms with Crippen LogP contribution < -0.4 is 16.8 Å². The Morgan fingerprint density at radius 1 is 1.39 bits per heavy atom. The summed E-state index contributed by atoms with van der Waals surface area (Å²) in [6.45, 7) is 4.61. The number of amides is 1. The third-order valence-electron chi connectivity index (χ3n) is 3.53. The molecule has 5 nitrogen and oxygen atoms in total. The van der Waals surface area contributed by atoms with E-state index in [2.05, 4.69) is 5.32 Å². The number of nitrogens with two attached hydrogens (primary N) is 2. The van der Waals surface area contributed by atoms with Gasteiger partial charge >= 0.3 is 0 Å². The fourth-order valence-electron chi connectivity index (χ4n) is 2.14. The zero-order valence-electron chi connectivity index (χ0n) is 10.7. The van der Waals surface area contributed by atoms with Gasteiger partial charge in [-0.1, -0.05) is 0 Å². The lowest BCUT2D eigenvalue weighted by Crippen LogP contribution is -2.50. The van der Waals surface area contributed by atoms with Gasteiger partial charge in [0.25, 0.3) is 5.91 Å². The highest BCUT2D eigenvalue weighted by Crippen LogP contribution is 2.26. The molecule has 2 atom stereocenters. The van der Waals surface area contributed by atoms with Crippen molar-refractivity contribution in [3.63, 3.8) is 0 Å². The maximum absolute atomic E-state index is 12.2. The van der Waals surface area contributed by atoms with E-state index in [1.165, 1.54) is 0 Å². The van der Waals surface area contributed by atoms with Gasteiger partial charge in [0.05, 0.1) is 11.6 Å². The van der Waals surface area contributed by atoms with E-state index in [-0.39, 0.29) is 17.6 Å². The average molecular weight is 249 g/mol. The molecule has 1 aromatic carbocycles. The topological polar surface area (TPSA) is 90.4 Å². The number of benzene rings is 1. The van der Waals surface area contributed by atoms with E-state index in [1.807, 2.05) is 13.8 Å². The number of ether oxygens (including phenoxy) is 1. The van der Waals surface area contributed by atoms with Crippen molar-refractivity contribution in [2.24, 2.45) is 0 Å². The highest BCUT2D eigenvalue weighted by atomic mass is 16.5. The lowest BCUT2D eigenvalue weighted by Gasteiger charge is -2.29. The Bertz CT molecular complexity index is 455. The molecule has 18 heavy (non-hydrogen) atoms. The Hall–Kier alpha value is -1.75. The van der Waals surface area contributed by atoms with Gasteiger partial charge in [0.2, 0.25) is 0 Å². The van der Waals surface area contributed by atoms with E-state index in [4.69, 9.17) is 16.2 Å². The molecule has 1 aliphatic heterocycles. The molecule has 2 unspecified atom stereocenters. The number of carbonyl (C=O) groups excluding carboxylic acids is 1. The minimum atomic E-state index is -0.337. The summed E-state index contributed by atoms with van der Waals surface area (Å²) in [6.07, 6.45) is 0.803. The average Bonchev–Trinajstić information content (AvgIpc) is 2.57. The molecule has 5 N–H and O–H groups in total. The molecule has 1 aliphatic rings. The monoisotopic (exact) mass is 249 g/mol. The third-order valence-corrected chi connectivity index (χ3v) is 3.53. The summed E-state index contributed by atoms with van der Waals surface area (Å²) in [6, 6.07) is 4.87. The minimum absolute atomic E-state index is 0.000133. The van der Waals surface area contributed by atoms with Gasteiger partial charge < -0.3 is 21.5 Å². The number of rotatable bonds is 2. The van der Waals surface area contributed by atoms with E-state index in [0.29, 0.717) is 23.5 Å². The van der Waals surface area contributed by atoms with Crippen LogP contribution in [0.2, 0.25) is 0 Å². The van der Waals surface area contributed by atoms with Gasteiger partial charge in [0, 0.05) is 23.5 Å². The van der Waals surface area contributed by atoms with Crippen molar-refractivity contribution in [2.75, 3.05) is 18.1 Å². The molecule has 0 aromatic heterocycles. The van der Waals surface area contributed by atoms with Crippen LogP contribution in [0.25, 0.3) is 0 Å². The summed E-state index contributed by atoms with van der Waals surface area (Å²) in [5, 5.41) is 3.00. The van der Waals surface area contributed by atoms with Crippen molar-refractivity contribution in [3.05, 3.63) is 23.8 Å². The predicted molar refractivity (Wildman–Crippen MR) is 71.2 cm³/mol. The van der Waals surface area contributed by atoms with Crippen molar-refractivity contribution in [3.8, 4) is 0 Å². The number of nitrogens with one attached hydrogen (secondary N) is 1. The molecule has 0 aliphatic carbocycles. The van der Waals surface area contributed by atoms with Crippen LogP contribution in [0.3, 0.4) is 0 Å². The van der Waals surface area contributed by atoms with Crippen molar-refractivity contribution < 1.29 is 9.53 Å².